The van der Waals surface area contributed by atoms with Crippen molar-refractivity contribution >= 4 is 0 Å². The molecule has 0 saturated carbocycles. The van der Waals surface area contributed by atoms with Crippen LogP contribution < -0.4 is 10.6 Å². The molecule has 0 aliphatic heterocycles. The first-order valence-electron chi connectivity index (χ1n) is 6.61. The number of nitrogens with one attached hydrogen (secondary N) is 2. The van der Waals surface area contributed by atoms with Crippen LogP contribution >= 0.6 is 0 Å². The smallest absolute Gasteiger partial charge is 0.0164 e. The lowest BCUT2D eigenvalue weighted by Gasteiger charge is -2.26. The number of rotatable bonds is 5. The van der Waals surface area contributed by atoms with Crippen LogP contribution in [0, 0.1) is 5.92 Å². The number of allylic oxidation sites excluding steroid dienone is 2. The van der Waals surface area contributed by atoms with E-state index in [1.807, 2.05) is 0 Å². The molecule has 1 aliphatic carbocycles. The van der Waals surface area contributed by atoms with Gasteiger partial charge in [0.15, 0.2) is 0 Å². The highest BCUT2D eigenvalue weighted by molar-refractivity contribution is 4.90. The van der Waals surface area contributed by atoms with E-state index in [9.17, 15) is 0 Å². The highest BCUT2D eigenvalue weighted by atomic mass is 15.0. The van der Waals surface area contributed by atoms with Crippen LogP contribution in [-0.4, -0.2) is 24.7 Å². The minimum atomic E-state index is 0.226. The van der Waals surface area contributed by atoms with Gasteiger partial charge in [-0.2, -0.15) is 0 Å². The average molecular weight is 224 g/mol. The van der Waals surface area contributed by atoms with Crippen molar-refractivity contribution in [2.75, 3.05) is 13.1 Å². The van der Waals surface area contributed by atoms with Crippen LogP contribution in [0.4, 0.5) is 0 Å². The summed E-state index contributed by atoms with van der Waals surface area (Å²) in [7, 11) is 0. The lowest BCUT2D eigenvalue weighted by atomic mass is 9.94. The Morgan fingerprint density at radius 1 is 1.31 bits per heavy atom. The van der Waals surface area contributed by atoms with Gasteiger partial charge in [0.1, 0.15) is 0 Å². The Bertz CT molecular complexity index is 215. The molecule has 0 amide bonds. The SMILES string of the molecule is CC(CNC(C)(C)C)NCC1CC=CCC1. The van der Waals surface area contributed by atoms with Crippen LogP contribution in [-0.2, 0) is 0 Å². The van der Waals surface area contributed by atoms with E-state index in [2.05, 4.69) is 50.5 Å². The fraction of sp³-hybridized carbons (Fsp3) is 0.857. The first kappa shape index (κ1) is 13.7. The Kier molecular flexibility index (Phi) is 5.50. The van der Waals surface area contributed by atoms with Gasteiger partial charge in [0.2, 0.25) is 0 Å². The summed E-state index contributed by atoms with van der Waals surface area (Å²) in [6, 6.07) is 0.560. The molecule has 1 rings (SSSR count). The predicted molar refractivity (Wildman–Crippen MR) is 71.7 cm³/mol. The standard InChI is InChI=1S/C14H28N2/c1-12(10-16-14(2,3)4)15-11-13-8-6-5-7-9-13/h5-6,12-13,15-16H,7-11H2,1-4H3. The van der Waals surface area contributed by atoms with E-state index in [1.54, 1.807) is 0 Å². The molecule has 2 heteroatoms. The maximum Gasteiger partial charge on any atom is 0.0164 e. The molecule has 0 fully saturated rings. The monoisotopic (exact) mass is 224 g/mol. The van der Waals surface area contributed by atoms with Crippen LogP contribution in [0.3, 0.4) is 0 Å². The fourth-order valence-corrected chi connectivity index (χ4v) is 1.94. The van der Waals surface area contributed by atoms with Crippen molar-refractivity contribution in [3.8, 4) is 0 Å². The molecule has 0 saturated heterocycles. The van der Waals surface area contributed by atoms with E-state index in [-0.39, 0.29) is 5.54 Å². The highest BCUT2D eigenvalue weighted by Crippen LogP contribution is 2.16. The Morgan fingerprint density at radius 2 is 2.06 bits per heavy atom. The normalized spacial score (nSPS) is 23.4. The Balaban J connectivity index is 2.10. The zero-order valence-electron chi connectivity index (χ0n) is 11.3. The third kappa shape index (κ3) is 6.29. The molecule has 0 aromatic rings. The van der Waals surface area contributed by atoms with Gasteiger partial charge in [-0.05, 0) is 59.4 Å². The van der Waals surface area contributed by atoms with Crippen LogP contribution in [0.25, 0.3) is 0 Å². The molecule has 0 bridgehead atoms. The first-order valence-corrected chi connectivity index (χ1v) is 6.61. The summed E-state index contributed by atoms with van der Waals surface area (Å²) < 4.78 is 0. The van der Waals surface area contributed by atoms with E-state index >= 15 is 0 Å². The van der Waals surface area contributed by atoms with Crippen LogP contribution in [0.1, 0.15) is 47.0 Å². The topological polar surface area (TPSA) is 24.1 Å². The van der Waals surface area contributed by atoms with Crippen molar-refractivity contribution in [2.45, 2.75) is 58.5 Å². The number of hydrogen-bond donors (Lipinski definition) is 2. The Hall–Kier alpha value is -0.340. The van der Waals surface area contributed by atoms with Crippen molar-refractivity contribution in [3.05, 3.63) is 12.2 Å². The lowest BCUT2D eigenvalue weighted by molar-refractivity contribution is 0.362. The van der Waals surface area contributed by atoms with Gasteiger partial charge < -0.3 is 10.6 Å². The molecule has 2 unspecified atom stereocenters. The predicted octanol–water partition coefficient (Wildman–Crippen LogP) is 2.71. The van der Waals surface area contributed by atoms with Gasteiger partial charge in [-0.3, -0.25) is 0 Å². The maximum absolute atomic E-state index is 3.63. The largest absolute Gasteiger partial charge is 0.313 e. The van der Waals surface area contributed by atoms with Gasteiger partial charge in [0, 0.05) is 18.1 Å². The van der Waals surface area contributed by atoms with Gasteiger partial charge >= 0.3 is 0 Å². The summed E-state index contributed by atoms with van der Waals surface area (Å²) in [5.41, 5.74) is 0.226. The highest BCUT2D eigenvalue weighted by Gasteiger charge is 2.13. The average Bonchev–Trinajstić information content (AvgIpc) is 2.24. The molecule has 2 atom stereocenters. The molecule has 0 heterocycles. The zero-order chi connectivity index (χ0) is 12.0. The third-order valence-electron chi connectivity index (χ3n) is 3.07. The minimum Gasteiger partial charge on any atom is -0.313 e. The molecular formula is C14H28N2. The van der Waals surface area contributed by atoms with Gasteiger partial charge in [-0.25, -0.2) is 0 Å². The van der Waals surface area contributed by atoms with E-state index in [0.29, 0.717) is 6.04 Å². The van der Waals surface area contributed by atoms with E-state index in [0.717, 1.165) is 19.0 Å². The van der Waals surface area contributed by atoms with Crippen molar-refractivity contribution in [2.24, 2.45) is 5.92 Å². The second-order valence-electron chi connectivity index (χ2n) is 6.09. The summed E-state index contributed by atoms with van der Waals surface area (Å²) in [5, 5.41) is 7.16. The van der Waals surface area contributed by atoms with Crippen molar-refractivity contribution in [1.29, 1.82) is 0 Å². The molecule has 0 aromatic heterocycles. The maximum atomic E-state index is 3.63. The summed E-state index contributed by atoms with van der Waals surface area (Å²) >= 11 is 0. The Labute approximate surface area is 101 Å². The van der Waals surface area contributed by atoms with Crippen LogP contribution in [0.2, 0.25) is 0 Å². The van der Waals surface area contributed by atoms with Crippen molar-refractivity contribution in [3.63, 3.8) is 0 Å². The summed E-state index contributed by atoms with van der Waals surface area (Å²) in [6.45, 7) is 11.1. The van der Waals surface area contributed by atoms with Crippen LogP contribution in [0.15, 0.2) is 12.2 Å². The number of hydrogen-bond acceptors (Lipinski definition) is 2. The van der Waals surface area contributed by atoms with E-state index in [4.69, 9.17) is 0 Å². The molecule has 2 N–H and O–H groups in total. The van der Waals surface area contributed by atoms with Crippen molar-refractivity contribution in [1.82, 2.24) is 10.6 Å². The van der Waals surface area contributed by atoms with Gasteiger partial charge in [-0.1, -0.05) is 12.2 Å². The molecule has 0 aromatic carbocycles. The van der Waals surface area contributed by atoms with Gasteiger partial charge in [0.05, 0.1) is 0 Å². The van der Waals surface area contributed by atoms with E-state index in [1.165, 1.54) is 19.3 Å². The van der Waals surface area contributed by atoms with E-state index < -0.39 is 0 Å². The fourth-order valence-electron chi connectivity index (χ4n) is 1.94. The zero-order valence-corrected chi connectivity index (χ0v) is 11.3. The quantitative estimate of drug-likeness (QED) is 0.702. The van der Waals surface area contributed by atoms with Gasteiger partial charge in [0.25, 0.3) is 0 Å². The Morgan fingerprint density at radius 3 is 2.62 bits per heavy atom. The van der Waals surface area contributed by atoms with Crippen LogP contribution in [0.5, 0.6) is 0 Å². The van der Waals surface area contributed by atoms with Gasteiger partial charge in [-0.15, -0.1) is 0 Å². The summed E-state index contributed by atoms with van der Waals surface area (Å²) in [5.74, 6) is 0.849. The lowest BCUT2D eigenvalue weighted by Crippen LogP contribution is -2.45. The molecular weight excluding hydrogens is 196 g/mol. The first-order chi connectivity index (χ1) is 7.47. The van der Waals surface area contributed by atoms with Crippen molar-refractivity contribution < 1.29 is 0 Å². The molecule has 16 heavy (non-hydrogen) atoms. The minimum absolute atomic E-state index is 0.226. The third-order valence-corrected chi connectivity index (χ3v) is 3.07. The molecule has 2 nitrogen and oxygen atoms in total. The second-order valence-corrected chi connectivity index (χ2v) is 6.09. The molecule has 0 radical (unpaired) electrons. The summed E-state index contributed by atoms with van der Waals surface area (Å²) in [6.07, 6.45) is 8.51. The molecule has 0 spiro atoms. The summed E-state index contributed by atoms with van der Waals surface area (Å²) in [4.78, 5) is 0. The molecule has 1 aliphatic rings. The second kappa shape index (κ2) is 6.41. The molecule has 94 valence electrons.